The van der Waals surface area contributed by atoms with Crippen LogP contribution >= 0.6 is 0 Å². The quantitative estimate of drug-likeness (QED) is 0.759. The fourth-order valence-corrected chi connectivity index (χ4v) is 2.45. The van der Waals surface area contributed by atoms with Gasteiger partial charge in [-0.2, -0.15) is 13.2 Å². The molecule has 25 heavy (non-hydrogen) atoms. The molecule has 0 unspecified atom stereocenters. The van der Waals surface area contributed by atoms with Crippen LogP contribution in [0.5, 0.6) is 5.75 Å². The van der Waals surface area contributed by atoms with Crippen molar-refractivity contribution in [1.29, 1.82) is 0 Å². The molecule has 128 valence electrons. The van der Waals surface area contributed by atoms with E-state index in [2.05, 4.69) is 10.3 Å². The number of amides is 1. The molecule has 0 fully saturated rings. The van der Waals surface area contributed by atoms with Gasteiger partial charge >= 0.3 is 6.18 Å². The zero-order valence-corrected chi connectivity index (χ0v) is 13.1. The lowest BCUT2D eigenvalue weighted by atomic mass is 10.1. The summed E-state index contributed by atoms with van der Waals surface area (Å²) in [5.74, 6) is -0.114. The zero-order chi connectivity index (χ0) is 18.0. The molecule has 0 atom stereocenters. The van der Waals surface area contributed by atoms with E-state index in [0.717, 1.165) is 12.1 Å². The fourth-order valence-electron chi connectivity index (χ4n) is 2.45. The van der Waals surface area contributed by atoms with Crippen molar-refractivity contribution in [2.75, 3.05) is 12.4 Å². The number of hydrogen-bond acceptors (Lipinski definition) is 3. The summed E-state index contributed by atoms with van der Waals surface area (Å²) in [6, 6.07) is 11.2. The Labute approximate surface area is 141 Å². The monoisotopic (exact) mass is 346 g/mol. The highest BCUT2D eigenvalue weighted by atomic mass is 19.4. The van der Waals surface area contributed by atoms with E-state index in [9.17, 15) is 18.0 Å². The Morgan fingerprint density at radius 1 is 1.12 bits per heavy atom. The lowest BCUT2D eigenvalue weighted by Crippen LogP contribution is -2.13. The number of methoxy groups -OCH3 is 1. The normalized spacial score (nSPS) is 11.4. The Bertz CT molecular complexity index is 939. The number of hydrogen-bond donors (Lipinski definition) is 1. The second-order valence-corrected chi connectivity index (χ2v) is 5.24. The number of fused-ring (bicyclic) bond motifs is 1. The second-order valence-electron chi connectivity index (χ2n) is 5.24. The van der Waals surface area contributed by atoms with Crippen molar-refractivity contribution in [2.24, 2.45) is 0 Å². The van der Waals surface area contributed by atoms with Gasteiger partial charge in [-0.05, 0) is 36.4 Å². The molecular formula is C18H13F3N2O2. The van der Waals surface area contributed by atoms with Crippen LogP contribution in [0, 0.1) is 0 Å². The summed E-state index contributed by atoms with van der Waals surface area (Å²) in [6.07, 6.45) is -3.05. The third-order valence-corrected chi connectivity index (χ3v) is 3.67. The molecule has 1 aromatic heterocycles. The van der Waals surface area contributed by atoms with E-state index in [1.165, 1.54) is 25.4 Å². The molecule has 4 nitrogen and oxygen atoms in total. The van der Waals surface area contributed by atoms with Crippen LogP contribution in [0.4, 0.5) is 18.9 Å². The number of benzene rings is 2. The molecule has 0 bridgehead atoms. The van der Waals surface area contributed by atoms with Gasteiger partial charge in [-0.25, -0.2) is 0 Å². The van der Waals surface area contributed by atoms with Crippen molar-refractivity contribution in [3.05, 3.63) is 65.9 Å². The number of pyridine rings is 1. The van der Waals surface area contributed by atoms with Crippen molar-refractivity contribution in [1.82, 2.24) is 4.98 Å². The second kappa shape index (κ2) is 6.43. The van der Waals surface area contributed by atoms with Gasteiger partial charge in [0.15, 0.2) is 0 Å². The molecule has 1 heterocycles. The van der Waals surface area contributed by atoms with Crippen LogP contribution in [0.2, 0.25) is 0 Å². The smallest absolute Gasteiger partial charge is 0.416 e. The number of para-hydroxylation sites is 1. The van der Waals surface area contributed by atoms with E-state index in [1.54, 1.807) is 24.3 Å². The average Bonchev–Trinajstić information content (AvgIpc) is 2.60. The predicted octanol–water partition coefficient (Wildman–Crippen LogP) is 4.51. The number of rotatable bonds is 3. The van der Waals surface area contributed by atoms with Crippen molar-refractivity contribution < 1.29 is 22.7 Å². The Kier molecular flexibility index (Phi) is 4.31. The number of carbonyl (C=O) groups is 1. The summed E-state index contributed by atoms with van der Waals surface area (Å²) >= 11 is 0. The Balaban J connectivity index is 2.02. The first-order valence-electron chi connectivity index (χ1n) is 7.30. The van der Waals surface area contributed by atoms with Crippen LogP contribution < -0.4 is 10.1 Å². The molecule has 1 amide bonds. The molecule has 0 radical (unpaired) electrons. The van der Waals surface area contributed by atoms with E-state index >= 15 is 0 Å². The topological polar surface area (TPSA) is 51.2 Å². The number of halogens is 3. The maximum Gasteiger partial charge on any atom is 0.416 e. The third-order valence-electron chi connectivity index (χ3n) is 3.67. The molecule has 7 heteroatoms. The van der Waals surface area contributed by atoms with E-state index in [-0.39, 0.29) is 16.6 Å². The molecule has 0 saturated heterocycles. The van der Waals surface area contributed by atoms with Crippen molar-refractivity contribution >= 4 is 22.5 Å². The molecule has 0 spiro atoms. The van der Waals surface area contributed by atoms with Gasteiger partial charge in [0.1, 0.15) is 5.75 Å². The minimum atomic E-state index is -4.48. The molecular weight excluding hydrogens is 333 g/mol. The largest absolute Gasteiger partial charge is 0.496 e. The first kappa shape index (κ1) is 16.8. The van der Waals surface area contributed by atoms with Gasteiger partial charge < -0.3 is 10.1 Å². The Morgan fingerprint density at radius 3 is 2.60 bits per heavy atom. The molecule has 2 aromatic carbocycles. The van der Waals surface area contributed by atoms with Crippen LogP contribution in [-0.4, -0.2) is 18.0 Å². The number of nitrogens with zero attached hydrogens (tertiary/aromatic N) is 1. The van der Waals surface area contributed by atoms with Gasteiger partial charge in [0.25, 0.3) is 5.91 Å². The van der Waals surface area contributed by atoms with E-state index in [0.29, 0.717) is 11.3 Å². The van der Waals surface area contributed by atoms with Crippen LogP contribution in [0.1, 0.15) is 15.9 Å². The number of anilines is 1. The van der Waals surface area contributed by atoms with Crippen molar-refractivity contribution in [3.63, 3.8) is 0 Å². The molecule has 0 aliphatic rings. The number of carbonyl (C=O) groups excluding carboxylic acids is 1. The van der Waals surface area contributed by atoms with E-state index < -0.39 is 17.6 Å². The highest BCUT2D eigenvalue weighted by Gasteiger charge is 2.30. The van der Waals surface area contributed by atoms with E-state index in [4.69, 9.17) is 4.74 Å². The Hall–Kier alpha value is -3.09. The number of aromatic nitrogens is 1. The number of ether oxygens (including phenoxy) is 1. The summed E-state index contributed by atoms with van der Waals surface area (Å²) < 4.78 is 44.0. The summed E-state index contributed by atoms with van der Waals surface area (Å²) in [6.45, 7) is 0. The van der Waals surface area contributed by atoms with Gasteiger partial charge in [-0.15, -0.1) is 0 Å². The molecule has 0 saturated carbocycles. The SMILES string of the molecule is COc1ccccc1C(=O)Nc1ccnc2ccc(C(F)(F)F)cc12. The highest BCUT2D eigenvalue weighted by Crippen LogP contribution is 2.33. The first-order valence-corrected chi connectivity index (χ1v) is 7.30. The van der Waals surface area contributed by atoms with Gasteiger partial charge in [0.05, 0.1) is 29.4 Å². The maximum atomic E-state index is 12.9. The summed E-state index contributed by atoms with van der Waals surface area (Å²) in [4.78, 5) is 16.5. The number of nitrogens with one attached hydrogen (secondary N) is 1. The van der Waals surface area contributed by atoms with Crippen molar-refractivity contribution in [3.8, 4) is 5.75 Å². The minimum absolute atomic E-state index is 0.209. The lowest BCUT2D eigenvalue weighted by Gasteiger charge is -2.12. The third kappa shape index (κ3) is 3.40. The van der Waals surface area contributed by atoms with Gasteiger partial charge in [0.2, 0.25) is 0 Å². The van der Waals surface area contributed by atoms with Crippen LogP contribution in [-0.2, 0) is 6.18 Å². The highest BCUT2D eigenvalue weighted by molar-refractivity contribution is 6.10. The molecule has 3 rings (SSSR count). The average molecular weight is 346 g/mol. The predicted molar refractivity (Wildman–Crippen MR) is 87.7 cm³/mol. The molecule has 0 aliphatic heterocycles. The maximum absolute atomic E-state index is 12.9. The molecule has 1 N–H and O–H groups in total. The standard InChI is InChI=1S/C18H13F3N2O2/c1-25-16-5-3-2-4-12(16)17(24)23-15-8-9-22-14-7-6-11(10-13(14)15)18(19,20)21/h2-10H,1H3,(H,22,23,24). The summed E-state index contributed by atoms with van der Waals surface area (Å²) in [5, 5.41) is 2.84. The fraction of sp³-hybridized carbons (Fsp3) is 0.111. The van der Waals surface area contributed by atoms with E-state index in [1.807, 2.05) is 0 Å². The van der Waals surface area contributed by atoms with Gasteiger partial charge in [-0.1, -0.05) is 12.1 Å². The minimum Gasteiger partial charge on any atom is -0.496 e. The first-order chi connectivity index (χ1) is 11.9. The van der Waals surface area contributed by atoms with Gasteiger partial charge in [-0.3, -0.25) is 9.78 Å². The van der Waals surface area contributed by atoms with Crippen LogP contribution in [0.15, 0.2) is 54.7 Å². The molecule has 3 aromatic rings. The van der Waals surface area contributed by atoms with Crippen LogP contribution in [0.3, 0.4) is 0 Å². The summed E-state index contributed by atoms with van der Waals surface area (Å²) in [7, 11) is 1.43. The van der Waals surface area contributed by atoms with Gasteiger partial charge in [0, 0.05) is 11.6 Å². The molecule has 0 aliphatic carbocycles. The zero-order valence-electron chi connectivity index (χ0n) is 13.1. The van der Waals surface area contributed by atoms with Crippen LogP contribution in [0.25, 0.3) is 10.9 Å². The summed E-state index contributed by atoms with van der Waals surface area (Å²) in [5.41, 5.74) is 0.0700. The van der Waals surface area contributed by atoms with Crippen molar-refractivity contribution in [2.45, 2.75) is 6.18 Å². The lowest BCUT2D eigenvalue weighted by molar-refractivity contribution is -0.137. The Morgan fingerprint density at radius 2 is 1.88 bits per heavy atom. The number of alkyl halides is 3.